The van der Waals surface area contributed by atoms with Crippen LogP contribution in [0.15, 0.2) is 48.5 Å². The van der Waals surface area contributed by atoms with Crippen molar-refractivity contribution in [3.63, 3.8) is 0 Å². The van der Waals surface area contributed by atoms with Gasteiger partial charge in [0.15, 0.2) is 0 Å². The smallest absolute Gasteiger partial charge is 0.251 e. The topological polar surface area (TPSA) is 74.8 Å². The van der Waals surface area contributed by atoms with Crippen molar-refractivity contribution in [1.29, 1.82) is 0 Å². The van der Waals surface area contributed by atoms with Crippen LogP contribution in [-0.2, 0) is 23.0 Å². The second-order valence-electron chi connectivity index (χ2n) is 5.98. The molecule has 3 aromatic rings. The monoisotopic (exact) mass is 355 g/mol. The third kappa shape index (κ3) is 4.76. The van der Waals surface area contributed by atoms with Gasteiger partial charge >= 0.3 is 0 Å². The van der Waals surface area contributed by atoms with E-state index in [0.717, 1.165) is 35.3 Å². The maximum absolute atomic E-state index is 12.2. The number of para-hydroxylation sites is 2. The van der Waals surface area contributed by atoms with E-state index in [2.05, 4.69) is 15.3 Å². The van der Waals surface area contributed by atoms with Crippen LogP contribution in [0.5, 0.6) is 0 Å². The average molecular weight is 355 g/mol. The predicted octanol–water partition coefficient (Wildman–Crippen LogP) is 2.80. The van der Waals surface area contributed by atoms with Crippen LogP contribution >= 0.6 is 0 Å². The summed E-state index contributed by atoms with van der Waals surface area (Å²) < 4.78 is 11.3. The summed E-state index contributed by atoms with van der Waals surface area (Å²) >= 11 is 0. The molecule has 0 fully saturated rings. The van der Waals surface area contributed by atoms with Crippen molar-refractivity contribution < 1.29 is 9.00 Å². The van der Waals surface area contributed by atoms with Gasteiger partial charge < -0.3 is 10.3 Å². The van der Waals surface area contributed by atoms with Crippen LogP contribution in [0.2, 0.25) is 0 Å². The van der Waals surface area contributed by atoms with Crippen molar-refractivity contribution in [3.05, 3.63) is 65.5 Å². The molecule has 0 spiro atoms. The minimum absolute atomic E-state index is 0.103. The highest BCUT2D eigenvalue weighted by Gasteiger charge is 2.07. The lowest BCUT2D eigenvalue weighted by Gasteiger charge is -2.06. The van der Waals surface area contributed by atoms with E-state index in [1.165, 1.54) is 0 Å². The lowest BCUT2D eigenvalue weighted by molar-refractivity contribution is 0.0953. The summed E-state index contributed by atoms with van der Waals surface area (Å²) in [6.07, 6.45) is 3.25. The molecule has 0 radical (unpaired) electrons. The van der Waals surface area contributed by atoms with E-state index in [1.54, 1.807) is 18.4 Å². The maximum atomic E-state index is 12.2. The molecule has 2 N–H and O–H groups in total. The molecule has 0 bridgehead atoms. The summed E-state index contributed by atoms with van der Waals surface area (Å²) in [7, 11) is -0.915. The zero-order valence-electron chi connectivity index (χ0n) is 14.1. The van der Waals surface area contributed by atoms with Gasteiger partial charge in [-0.05, 0) is 36.2 Å². The van der Waals surface area contributed by atoms with Crippen LogP contribution in [0.1, 0.15) is 28.2 Å². The highest BCUT2D eigenvalue weighted by molar-refractivity contribution is 7.83. The van der Waals surface area contributed by atoms with Gasteiger partial charge in [-0.15, -0.1) is 0 Å². The molecule has 1 amide bonds. The molecule has 130 valence electrons. The number of fused-ring (bicyclic) bond motifs is 1. The first kappa shape index (κ1) is 17.4. The van der Waals surface area contributed by atoms with Crippen LogP contribution in [-0.4, -0.2) is 32.9 Å². The van der Waals surface area contributed by atoms with Gasteiger partial charge in [0.05, 0.1) is 11.0 Å². The van der Waals surface area contributed by atoms with Crippen molar-refractivity contribution in [1.82, 2.24) is 15.3 Å². The standard InChI is InChI=1S/C19H21N3O2S/c1-25(24)13-14-6-4-7-15(12-14)19(23)20-11-5-10-18-21-16-8-2-3-9-17(16)22-18/h2-4,6-9,12H,5,10-11,13H2,1H3,(H,20,23)(H,21,22). The third-order valence-corrected chi connectivity index (χ3v) is 4.61. The lowest BCUT2D eigenvalue weighted by Crippen LogP contribution is -2.25. The molecule has 2 aromatic carbocycles. The molecule has 0 saturated heterocycles. The van der Waals surface area contributed by atoms with E-state index in [1.807, 2.05) is 36.4 Å². The highest BCUT2D eigenvalue weighted by Crippen LogP contribution is 2.11. The second kappa shape index (κ2) is 8.07. The van der Waals surface area contributed by atoms with Crippen molar-refractivity contribution in [2.24, 2.45) is 0 Å². The van der Waals surface area contributed by atoms with Crippen LogP contribution in [0, 0.1) is 0 Å². The molecule has 0 saturated carbocycles. The molecule has 1 aromatic heterocycles. The molecule has 3 rings (SSSR count). The Balaban J connectivity index is 1.50. The van der Waals surface area contributed by atoms with Crippen molar-refractivity contribution in [3.8, 4) is 0 Å². The first-order valence-electron chi connectivity index (χ1n) is 8.22. The van der Waals surface area contributed by atoms with Gasteiger partial charge in [0.1, 0.15) is 5.82 Å². The third-order valence-electron chi connectivity index (χ3n) is 3.87. The summed E-state index contributed by atoms with van der Waals surface area (Å²) in [4.78, 5) is 20.0. The molecule has 25 heavy (non-hydrogen) atoms. The predicted molar refractivity (Wildman–Crippen MR) is 101 cm³/mol. The van der Waals surface area contributed by atoms with Gasteiger partial charge in [-0.2, -0.15) is 0 Å². The second-order valence-corrected chi connectivity index (χ2v) is 7.41. The normalized spacial score (nSPS) is 12.2. The van der Waals surface area contributed by atoms with Crippen molar-refractivity contribution >= 4 is 27.7 Å². The van der Waals surface area contributed by atoms with E-state index in [-0.39, 0.29) is 5.91 Å². The zero-order valence-corrected chi connectivity index (χ0v) is 14.9. The lowest BCUT2D eigenvalue weighted by atomic mass is 10.1. The minimum Gasteiger partial charge on any atom is -0.352 e. The van der Waals surface area contributed by atoms with Gasteiger partial charge in [-0.1, -0.05) is 24.3 Å². The van der Waals surface area contributed by atoms with Gasteiger partial charge in [0.25, 0.3) is 5.91 Å². The summed E-state index contributed by atoms with van der Waals surface area (Å²) in [6, 6.07) is 15.2. The maximum Gasteiger partial charge on any atom is 0.251 e. The Morgan fingerprint density at radius 1 is 1.20 bits per heavy atom. The van der Waals surface area contributed by atoms with Crippen LogP contribution < -0.4 is 5.32 Å². The molecule has 0 aliphatic heterocycles. The highest BCUT2D eigenvalue weighted by atomic mass is 32.2. The molecule has 1 atom stereocenters. The first-order valence-corrected chi connectivity index (χ1v) is 9.95. The Kier molecular flexibility index (Phi) is 5.60. The van der Waals surface area contributed by atoms with Gasteiger partial charge in [-0.25, -0.2) is 4.98 Å². The quantitative estimate of drug-likeness (QED) is 0.640. The number of hydrogen-bond donors (Lipinski definition) is 2. The SMILES string of the molecule is CS(=O)Cc1cccc(C(=O)NCCCc2nc3ccccc3[nH]2)c1. The summed E-state index contributed by atoms with van der Waals surface area (Å²) in [5.74, 6) is 1.30. The largest absolute Gasteiger partial charge is 0.352 e. The van der Waals surface area contributed by atoms with E-state index in [9.17, 15) is 9.00 Å². The van der Waals surface area contributed by atoms with Gasteiger partial charge in [0.2, 0.25) is 0 Å². The zero-order chi connectivity index (χ0) is 17.6. The number of benzene rings is 2. The van der Waals surface area contributed by atoms with E-state index >= 15 is 0 Å². The molecule has 6 heteroatoms. The summed E-state index contributed by atoms with van der Waals surface area (Å²) in [5.41, 5.74) is 3.51. The van der Waals surface area contributed by atoms with Gasteiger partial charge in [-0.3, -0.25) is 9.00 Å². The van der Waals surface area contributed by atoms with E-state index in [0.29, 0.717) is 17.9 Å². The number of aryl methyl sites for hydroxylation is 1. The minimum atomic E-state index is -0.915. The number of nitrogens with zero attached hydrogens (tertiary/aromatic N) is 1. The number of rotatable bonds is 7. The molecule has 0 aliphatic rings. The van der Waals surface area contributed by atoms with E-state index < -0.39 is 10.8 Å². The van der Waals surface area contributed by atoms with Gasteiger partial charge in [0, 0.05) is 41.3 Å². The number of carbonyl (C=O) groups is 1. The number of imidazole rings is 1. The number of H-pyrrole nitrogens is 1. The van der Waals surface area contributed by atoms with Crippen molar-refractivity contribution in [2.45, 2.75) is 18.6 Å². The number of aromatic nitrogens is 2. The fourth-order valence-electron chi connectivity index (χ4n) is 2.72. The fraction of sp³-hybridized carbons (Fsp3) is 0.263. The number of hydrogen-bond acceptors (Lipinski definition) is 3. The number of nitrogens with one attached hydrogen (secondary N) is 2. The van der Waals surface area contributed by atoms with Crippen molar-refractivity contribution in [2.75, 3.05) is 12.8 Å². The molecule has 1 heterocycles. The Morgan fingerprint density at radius 3 is 2.84 bits per heavy atom. The van der Waals surface area contributed by atoms with E-state index in [4.69, 9.17) is 0 Å². The average Bonchev–Trinajstić information content (AvgIpc) is 3.01. The number of aromatic amines is 1. The number of carbonyl (C=O) groups excluding carboxylic acids is 1. The summed E-state index contributed by atoms with van der Waals surface area (Å²) in [5, 5.41) is 2.93. The van der Waals surface area contributed by atoms with Crippen LogP contribution in [0.3, 0.4) is 0 Å². The molecular formula is C19H21N3O2S. The Labute approximate surface area is 149 Å². The Hall–Kier alpha value is -2.47. The Bertz CT molecular complexity index is 871. The van der Waals surface area contributed by atoms with Crippen LogP contribution in [0.4, 0.5) is 0 Å². The fourth-order valence-corrected chi connectivity index (χ4v) is 3.37. The number of amides is 1. The molecular weight excluding hydrogens is 334 g/mol. The van der Waals surface area contributed by atoms with Crippen LogP contribution in [0.25, 0.3) is 11.0 Å². The molecule has 5 nitrogen and oxygen atoms in total. The summed E-state index contributed by atoms with van der Waals surface area (Å²) in [6.45, 7) is 0.583. The molecule has 0 aliphatic carbocycles. The molecule has 1 unspecified atom stereocenters. The Morgan fingerprint density at radius 2 is 2.04 bits per heavy atom. The first-order chi connectivity index (χ1) is 12.1.